The second kappa shape index (κ2) is 16.3. The van der Waals surface area contributed by atoms with Crippen molar-refractivity contribution in [2.24, 2.45) is 22.7 Å². The number of thioether (sulfide) groups is 1. The van der Waals surface area contributed by atoms with Crippen LogP contribution in [0.4, 0.5) is 0 Å². The van der Waals surface area contributed by atoms with Crippen LogP contribution in [0.2, 0.25) is 0 Å². The summed E-state index contributed by atoms with van der Waals surface area (Å²) in [5, 5.41) is 25.7. The summed E-state index contributed by atoms with van der Waals surface area (Å²) in [5.74, 6) is -2.64. The van der Waals surface area contributed by atoms with Crippen LogP contribution in [0.3, 0.4) is 0 Å². The number of carbonyl (C=O) groups is 3. The van der Waals surface area contributed by atoms with Gasteiger partial charge < -0.3 is 38.6 Å². The quantitative estimate of drug-likeness (QED) is 0.180. The first kappa shape index (κ1) is 43.8. The summed E-state index contributed by atoms with van der Waals surface area (Å²) < 4.78 is 36.6. The van der Waals surface area contributed by atoms with E-state index in [-0.39, 0.29) is 69.4 Å². The minimum absolute atomic E-state index is 0. The Bertz CT molecular complexity index is 1840. The average Bonchev–Trinajstić information content (AvgIpc) is 3.61. The Morgan fingerprint density at radius 2 is 1.66 bits per heavy atom. The second-order valence-electron chi connectivity index (χ2n) is 16.8. The first-order valence-corrected chi connectivity index (χ1v) is 20.6. The predicted molar refractivity (Wildman–Crippen MR) is 204 cm³/mol. The maximum Gasteiger partial charge on any atom is 0.336 e. The molecule has 3 aliphatic carbocycles. The summed E-state index contributed by atoms with van der Waals surface area (Å²) >= 11 is 1.46. The van der Waals surface area contributed by atoms with Crippen LogP contribution in [0, 0.1) is 66.7 Å². The van der Waals surface area contributed by atoms with Gasteiger partial charge in [0.2, 0.25) is 0 Å². The van der Waals surface area contributed by atoms with Gasteiger partial charge in [0, 0.05) is 81.1 Å². The van der Waals surface area contributed by atoms with Crippen LogP contribution in [-0.4, -0.2) is 95.6 Å². The minimum Gasteiger partial charge on any atom is -0.497 e. The monoisotopic (exact) mass is 1010 g/mol. The molecular formula is C43H54AcO11S. The molecule has 4 fully saturated rings. The van der Waals surface area contributed by atoms with Crippen LogP contribution in [-0.2, 0) is 38.1 Å². The number of benzene rings is 2. The van der Waals surface area contributed by atoms with Crippen LogP contribution >= 0.6 is 11.8 Å². The van der Waals surface area contributed by atoms with Gasteiger partial charge >= 0.3 is 11.9 Å². The van der Waals surface area contributed by atoms with Gasteiger partial charge in [-0.1, -0.05) is 63.2 Å². The molecule has 5 aliphatic rings. The van der Waals surface area contributed by atoms with Gasteiger partial charge in [-0.2, -0.15) is 0 Å². The Kier molecular flexibility index (Phi) is 12.8. The van der Waals surface area contributed by atoms with Crippen LogP contribution in [0.1, 0.15) is 84.0 Å². The van der Waals surface area contributed by atoms with Crippen molar-refractivity contribution < 1.29 is 97.1 Å². The molecule has 12 atom stereocenters. The first-order valence-electron chi connectivity index (χ1n) is 19.2. The third-order valence-electron chi connectivity index (χ3n) is 13.8. The number of ketones is 1. The number of carbonyl (C=O) groups excluding carboxylic acids is 3. The van der Waals surface area contributed by atoms with E-state index in [1.165, 1.54) is 18.7 Å². The molecule has 2 saturated heterocycles. The van der Waals surface area contributed by atoms with E-state index in [0.29, 0.717) is 29.3 Å². The number of rotatable bonds is 9. The fourth-order valence-corrected chi connectivity index (χ4v) is 11.2. The van der Waals surface area contributed by atoms with Crippen molar-refractivity contribution in [2.75, 3.05) is 25.9 Å². The van der Waals surface area contributed by atoms with E-state index in [1.54, 1.807) is 21.0 Å². The van der Waals surface area contributed by atoms with Gasteiger partial charge in [0.15, 0.2) is 18.0 Å². The van der Waals surface area contributed by atoms with Gasteiger partial charge in [-0.15, -0.1) is 11.8 Å². The van der Waals surface area contributed by atoms with E-state index in [9.17, 15) is 19.8 Å². The van der Waals surface area contributed by atoms with Gasteiger partial charge in [-0.3, -0.25) is 9.59 Å². The molecule has 56 heavy (non-hydrogen) atoms. The maximum absolute atomic E-state index is 15.3. The van der Waals surface area contributed by atoms with Gasteiger partial charge in [-0.25, -0.2) is 4.79 Å². The second-order valence-corrected chi connectivity index (χ2v) is 17.7. The van der Waals surface area contributed by atoms with Crippen molar-refractivity contribution in [3.63, 3.8) is 0 Å². The summed E-state index contributed by atoms with van der Waals surface area (Å²) in [6.07, 6.45) is -2.49. The van der Waals surface area contributed by atoms with E-state index in [0.717, 1.165) is 11.1 Å². The number of ether oxygens (including phenoxy) is 6. The molecule has 0 spiro atoms. The van der Waals surface area contributed by atoms with Crippen LogP contribution < -0.4 is 4.74 Å². The molecule has 2 aromatic carbocycles. The summed E-state index contributed by atoms with van der Waals surface area (Å²) in [7, 11) is 1.60. The molecular weight excluding hydrogens is 952 g/mol. The number of hydrogen-bond donors (Lipinski definition) is 2. The number of hydrogen-bond acceptors (Lipinski definition) is 12. The summed E-state index contributed by atoms with van der Waals surface area (Å²) in [6, 6.07) is 17.3. The number of methoxy groups -OCH3 is 1. The Morgan fingerprint density at radius 3 is 2.25 bits per heavy atom. The number of aliphatic hydroxyl groups is 2. The summed E-state index contributed by atoms with van der Waals surface area (Å²) in [6.45, 7) is 10.3. The molecule has 7 rings (SSSR count). The minimum atomic E-state index is -1.67. The van der Waals surface area contributed by atoms with E-state index >= 15 is 4.79 Å². The Morgan fingerprint density at radius 1 is 0.982 bits per heavy atom. The van der Waals surface area contributed by atoms with Gasteiger partial charge in [0.05, 0.1) is 49.0 Å². The van der Waals surface area contributed by atoms with E-state index in [2.05, 4.69) is 0 Å². The van der Waals surface area contributed by atoms with E-state index in [1.807, 2.05) is 81.6 Å². The zero-order chi connectivity index (χ0) is 39.7. The molecule has 2 heterocycles. The molecule has 7 unspecified atom stereocenters. The molecule has 2 N–H and O–H groups in total. The zero-order valence-corrected chi connectivity index (χ0v) is 39.0. The molecule has 2 bridgehead atoms. The van der Waals surface area contributed by atoms with Crippen molar-refractivity contribution in [3.05, 3.63) is 76.9 Å². The van der Waals surface area contributed by atoms with Gasteiger partial charge in [-0.05, 0) is 66.8 Å². The third kappa shape index (κ3) is 6.96. The summed E-state index contributed by atoms with van der Waals surface area (Å²) in [5.41, 5.74) is -2.96. The van der Waals surface area contributed by atoms with Gasteiger partial charge in [0.1, 0.15) is 17.5 Å². The standard InChI is InChI=1S/C43H54O11S.Ac/c1-23-31(54-39(46)35-29(26-12-10-9-11-13-26)18-30(53-35)27-14-16-28(49-7)17-15-27)20-43(48)24(2)37-41(6,32(51-22-55-8)19-33-42(37,47)21-50-33)38(45)36(52-25(3)44)34(23)40(43,4)5;/h9-17,24,29-33,35-37,47-48H,18-22H2,1-8H3;/t24-,29-,30-,31?,32?,33?,35?,36?,37?,41+,42-,43?;/m0./s1. The smallest absolute Gasteiger partial charge is 0.336 e. The van der Waals surface area contributed by atoms with E-state index in [4.69, 9.17) is 28.4 Å². The molecule has 0 aromatic heterocycles. The van der Waals surface area contributed by atoms with Crippen molar-refractivity contribution in [1.82, 2.24) is 0 Å². The van der Waals surface area contributed by atoms with Crippen LogP contribution in [0.5, 0.6) is 5.75 Å². The average molecular weight is 1010 g/mol. The first-order chi connectivity index (χ1) is 26.0. The molecule has 2 aliphatic heterocycles. The molecule has 11 nitrogen and oxygen atoms in total. The molecule has 1 radical (unpaired) electrons. The predicted octanol–water partition coefficient (Wildman–Crippen LogP) is 5.71. The molecule has 13 heteroatoms. The van der Waals surface area contributed by atoms with E-state index < -0.39 is 88.2 Å². The fraction of sp³-hybridized carbons (Fsp3) is 0.605. The molecule has 301 valence electrons. The van der Waals surface area contributed by atoms with Crippen molar-refractivity contribution in [1.29, 1.82) is 0 Å². The molecule has 0 amide bonds. The van der Waals surface area contributed by atoms with Crippen LogP contribution in [0.15, 0.2) is 65.7 Å². The summed E-state index contributed by atoms with van der Waals surface area (Å²) in [4.78, 5) is 42.8. The van der Waals surface area contributed by atoms with Crippen molar-refractivity contribution >= 4 is 29.5 Å². The SMILES string of the molecule is COc1ccc([C@@H]2C[C@@H](c3ccccc3)C(C(=O)OC3CC4(O)[C@@H](C)C5[C@]6(O)COC6CC(OCSC)[C@@]5(C)C(=O)C(OC(C)=O)C(=C3C)C4(C)C)O2)cc1.[Ac]. The fourth-order valence-electron chi connectivity index (χ4n) is 10.9. The zero-order valence-electron chi connectivity index (χ0n) is 33.5. The van der Waals surface area contributed by atoms with Gasteiger partial charge in [0.25, 0.3) is 0 Å². The topological polar surface area (TPSA) is 147 Å². The maximum atomic E-state index is 15.3. The Balaban J connectivity index is 0.00000532. The number of esters is 2. The molecule has 2 saturated carbocycles. The molecule has 2 aromatic rings. The number of fused-ring (bicyclic) bond motifs is 5. The number of Topliss-reactive ketones (excluding diaryl/α,β-unsaturated/α-hetero) is 1. The normalized spacial score (nSPS) is 38.5. The Hall–Kier alpha value is -1.82. The van der Waals surface area contributed by atoms with Crippen molar-refractivity contribution in [3.8, 4) is 5.75 Å². The third-order valence-corrected chi connectivity index (χ3v) is 14.2. The largest absolute Gasteiger partial charge is 0.497 e. The van der Waals surface area contributed by atoms with Crippen molar-refractivity contribution in [2.45, 2.75) is 115 Å². The Labute approximate surface area is 369 Å². The van der Waals surface area contributed by atoms with Crippen LogP contribution in [0.25, 0.3) is 0 Å².